The van der Waals surface area contributed by atoms with E-state index in [1.54, 1.807) is 38.1 Å². The summed E-state index contributed by atoms with van der Waals surface area (Å²) in [5, 5.41) is 5.69. The topological polar surface area (TPSA) is 111 Å². The first kappa shape index (κ1) is 23.2. The molecular formula is C22H26ClN3O4. The number of hydrogen-bond donors (Lipinski definition) is 3. The normalized spacial score (nSPS) is 12.7. The lowest BCUT2D eigenvalue weighted by Crippen LogP contribution is -2.55. The van der Waals surface area contributed by atoms with Crippen molar-refractivity contribution in [1.82, 2.24) is 10.6 Å². The van der Waals surface area contributed by atoms with Gasteiger partial charge in [-0.2, -0.15) is 0 Å². The molecule has 0 bridgehead atoms. The third kappa shape index (κ3) is 7.40. The Labute approximate surface area is 180 Å². The molecule has 0 aliphatic carbocycles. The highest BCUT2D eigenvalue weighted by molar-refractivity contribution is 6.30. The van der Waals surface area contributed by atoms with Crippen LogP contribution in [0.3, 0.4) is 0 Å². The first-order valence-corrected chi connectivity index (χ1v) is 9.95. The quantitative estimate of drug-likeness (QED) is 0.566. The van der Waals surface area contributed by atoms with Crippen molar-refractivity contribution in [2.75, 3.05) is 0 Å². The van der Waals surface area contributed by atoms with Gasteiger partial charge in [0.05, 0.1) is 0 Å². The van der Waals surface area contributed by atoms with Crippen molar-refractivity contribution >= 4 is 29.5 Å². The summed E-state index contributed by atoms with van der Waals surface area (Å²) in [6, 6.07) is 14.3. The number of ether oxygens (including phenoxy) is 1. The van der Waals surface area contributed by atoms with Gasteiger partial charge in [-0.3, -0.25) is 9.59 Å². The second kappa shape index (κ2) is 11.2. The van der Waals surface area contributed by atoms with Crippen molar-refractivity contribution < 1.29 is 19.1 Å². The van der Waals surface area contributed by atoms with Gasteiger partial charge in [-0.05, 0) is 29.2 Å². The van der Waals surface area contributed by atoms with Crippen molar-refractivity contribution in [1.29, 1.82) is 0 Å². The minimum atomic E-state index is -0.945. The van der Waals surface area contributed by atoms with Gasteiger partial charge < -0.3 is 21.1 Å². The van der Waals surface area contributed by atoms with Crippen LogP contribution in [0, 0.1) is 5.92 Å². The fraction of sp³-hybridized carbons (Fsp3) is 0.318. The summed E-state index contributed by atoms with van der Waals surface area (Å²) in [5.74, 6) is -1.45. The van der Waals surface area contributed by atoms with E-state index in [-0.39, 0.29) is 18.9 Å². The molecule has 0 fully saturated rings. The second-order valence-electron chi connectivity index (χ2n) is 7.23. The number of alkyl carbamates (subject to hydrolysis) is 1. The van der Waals surface area contributed by atoms with Gasteiger partial charge in [-0.1, -0.05) is 67.9 Å². The van der Waals surface area contributed by atoms with Crippen LogP contribution in [0.2, 0.25) is 5.02 Å². The van der Waals surface area contributed by atoms with Crippen molar-refractivity contribution in [2.24, 2.45) is 11.7 Å². The van der Waals surface area contributed by atoms with Gasteiger partial charge in [0.1, 0.15) is 18.7 Å². The predicted octanol–water partition coefficient (Wildman–Crippen LogP) is 2.80. The lowest BCUT2D eigenvalue weighted by Gasteiger charge is -2.24. The number of primary amides is 1. The zero-order valence-corrected chi connectivity index (χ0v) is 17.7. The minimum absolute atomic E-state index is 0.0811. The summed E-state index contributed by atoms with van der Waals surface area (Å²) in [6.07, 6.45) is -0.538. The Hall–Kier alpha value is -3.06. The Balaban J connectivity index is 1.98. The van der Waals surface area contributed by atoms with E-state index < -0.39 is 30.0 Å². The fourth-order valence-electron chi connectivity index (χ4n) is 2.81. The van der Waals surface area contributed by atoms with Crippen LogP contribution < -0.4 is 16.4 Å². The molecule has 2 aromatic rings. The third-order valence-electron chi connectivity index (χ3n) is 4.42. The molecule has 2 aromatic carbocycles. The Kier molecular flexibility index (Phi) is 8.68. The first-order valence-electron chi connectivity index (χ1n) is 9.57. The van der Waals surface area contributed by atoms with Crippen LogP contribution in [-0.2, 0) is 27.4 Å². The molecule has 8 heteroatoms. The van der Waals surface area contributed by atoms with Gasteiger partial charge in [0.2, 0.25) is 11.8 Å². The second-order valence-corrected chi connectivity index (χ2v) is 7.66. The molecule has 3 amide bonds. The summed E-state index contributed by atoms with van der Waals surface area (Å²) in [4.78, 5) is 36.8. The fourth-order valence-corrected chi connectivity index (χ4v) is 3.02. The smallest absolute Gasteiger partial charge is 0.408 e. The summed E-state index contributed by atoms with van der Waals surface area (Å²) in [6.45, 7) is 3.63. The predicted molar refractivity (Wildman–Crippen MR) is 115 cm³/mol. The standard InChI is InChI=1S/C22H26ClN3O4/c1-14(2)19(26-22(29)30-13-15-7-4-3-5-8-15)21(28)25-18(20(24)27)12-16-9-6-10-17(23)11-16/h3-11,14,18-19H,12-13H2,1-2H3,(H2,24,27)(H,25,28)(H,26,29)/t18-,19+/m1/s1. The first-order chi connectivity index (χ1) is 14.3. The molecule has 2 atom stereocenters. The molecule has 4 N–H and O–H groups in total. The number of nitrogens with one attached hydrogen (secondary N) is 2. The zero-order chi connectivity index (χ0) is 22.1. The van der Waals surface area contributed by atoms with Crippen LogP contribution in [0.25, 0.3) is 0 Å². The molecular weight excluding hydrogens is 406 g/mol. The average molecular weight is 432 g/mol. The monoisotopic (exact) mass is 431 g/mol. The minimum Gasteiger partial charge on any atom is -0.445 e. The van der Waals surface area contributed by atoms with E-state index in [4.69, 9.17) is 22.1 Å². The zero-order valence-electron chi connectivity index (χ0n) is 16.9. The van der Waals surface area contributed by atoms with Gasteiger partial charge in [0, 0.05) is 11.4 Å². The average Bonchev–Trinajstić information content (AvgIpc) is 2.70. The Morgan fingerprint density at radius 3 is 2.27 bits per heavy atom. The van der Waals surface area contributed by atoms with E-state index in [2.05, 4.69) is 10.6 Å². The lowest BCUT2D eigenvalue weighted by molar-refractivity contribution is -0.129. The lowest BCUT2D eigenvalue weighted by atomic mass is 10.0. The maximum atomic E-state index is 12.8. The van der Waals surface area contributed by atoms with E-state index in [0.717, 1.165) is 11.1 Å². The van der Waals surface area contributed by atoms with Gasteiger partial charge in [0.25, 0.3) is 0 Å². The number of carbonyl (C=O) groups excluding carboxylic acids is 3. The van der Waals surface area contributed by atoms with Crippen LogP contribution in [0.15, 0.2) is 54.6 Å². The van der Waals surface area contributed by atoms with Crippen LogP contribution in [0.1, 0.15) is 25.0 Å². The van der Waals surface area contributed by atoms with Crippen LogP contribution in [0.4, 0.5) is 4.79 Å². The molecule has 2 rings (SSSR count). The Morgan fingerprint density at radius 1 is 1.00 bits per heavy atom. The summed E-state index contributed by atoms with van der Waals surface area (Å²) in [7, 11) is 0. The molecule has 30 heavy (non-hydrogen) atoms. The molecule has 0 radical (unpaired) electrons. The third-order valence-corrected chi connectivity index (χ3v) is 4.66. The number of nitrogens with two attached hydrogens (primary N) is 1. The number of carbonyl (C=O) groups is 3. The van der Waals surface area contributed by atoms with Crippen molar-refractivity contribution in [3.05, 3.63) is 70.7 Å². The van der Waals surface area contributed by atoms with Crippen molar-refractivity contribution in [3.8, 4) is 0 Å². The van der Waals surface area contributed by atoms with Gasteiger partial charge in [-0.15, -0.1) is 0 Å². The Bertz CT molecular complexity index is 874. The molecule has 7 nitrogen and oxygen atoms in total. The van der Waals surface area contributed by atoms with Crippen LogP contribution in [-0.4, -0.2) is 30.0 Å². The number of hydrogen-bond acceptors (Lipinski definition) is 4. The van der Waals surface area contributed by atoms with Crippen LogP contribution in [0.5, 0.6) is 0 Å². The van der Waals surface area contributed by atoms with E-state index in [1.165, 1.54) is 0 Å². The Morgan fingerprint density at radius 2 is 1.67 bits per heavy atom. The van der Waals surface area contributed by atoms with Gasteiger partial charge in [-0.25, -0.2) is 4.79 Å². The molecule has 0 saturated heterocycles. The SMILES string of the molecule is CC(C)[C@H](NC(=O)OCc1ccccc1)C(=O)N[C@H](Cc1cccc(Cl)c1)C(N)=O. The summed E-state index contributed by atoms with van der Waals surface area (Å²) in [5.41, 5.74) is 7.04. The highest BCUT2D eigenvalue weighted by Gasteiger charge is 2.28. The van der Waals surface area contributed by atoms with Gasteiger partial charge in [0.15, 0.2) is 0 Å². The van der Waals surface area contributed by atoms with E-state index >= 15 is 0 Å². The summed E-state index contributed by atoms with van der Waals surface area (Å²) < 4.78 is 5.18. The molecule has 0 aliphatic heterocycles. The number of halogens is 1. The highest BCUT2D eigenvalue weighted by atomic mass is 35.5. The molecule has 0 aromatic heterocycles. The van der Waals surface area contributed by atoms with Gasteiger partial charge >= 0.3 is 6.09 Å². The molecule has 0 aliphatic rings. The molecule has 0 spiro atoms. The number of amides is 3. The maximum Gasteiger partial charge on any atom is 0.408 e. The maximum absolute atomic E-state index is 12.8. The molecule has 0 heterocycles. The van der Waals surface area contributed by atoms with E-state index in [0.29, 0.717) is 5.02 Å². The highest BCUT2D eigenvalue weighted by Crippen LogP contribution is 2.13. The van der Waals surface area contributed by atoms with Crippen molar-refractivity contribution in [2.45, 2.75) is 39.0 Å². The van der Waals surface area contributed by atoms with Crippen LogP contribution >= 0.6 is 11.6 Å². The summed E-state index contributed by atoms with van der Waals surface area (Å²) >= 11 is 5.97. The number of benzene rings is 2. The largest absolute Gasteiger partial charge is 0.445 e. The number of rotatable bonds is 9. The van der Waals surface area contributed by atoms with E-state index in [9.17, 15) is 14.4 Å². The molecule has 0 saturated carbocycles. The molecule has 160 valence electrons. The van der Waals surface area contributed by atoms with E-state index in [1.807, 2.05) is 30.3 Å². The van der Waals surface area contributed by atoms with Crippen molar-refractivity contribution in [3.63, 3.8) is 0 Å². The molecule has 0 unspecified atom stereocenters.